The molecular weight excluding hydrogens is 450 g/mol. The topological polar surface area (TPSA) is 153 Å². The number of rotatable bonds is 8. The third kappa shape index (κ3) is 5.34. The molecule has 0 atom stereocenters. The minimum absolute atomic E-state index is 0.0909. The van der Waals surface area contributed by atoms with Crippen molar-refractivity contribution in [2.24, 2.45) is 0 Å². The third-order valence-corrected chi connectivity index (χ3v) is 6.67. The minimum atomic E-state index is -0.540. The van der Waals surface area contributed by atoms with Crippen molar-refractivity contribution >= 4 is 62.2 Å². The summed E-state index contributed by atoms with van der Waals surface area (Å²) in [5.41, 5.74) is 0.304. The van der Waals surface area contributed by atoms with Crippen molar-refractivity contribution in [1.29, 1.82) is 0 Å². The summed E-state index contributed by atoms with van der Waals surface area (Å²) >= 11 is 3.58. The fourth-order valence-electron chi connectivity index (χ4n) is 2.28. The highest BCUT2D eigenvalue weighted by Gasteiger charge is 2.19. The first-order valence-electron chi connectivity index (χ1n) is 8.51. The Balaban J connectivity index is 1.56. The number of nitrogens with one attached hydrogen (secondary N) is 2. The van der Waals surface area contributed by atoms with Gasteiger partial charge in [-0.25, -0.2) is 0 Å². The molecule has 30 heavy (non-hydrogen) atoms. The molecule has 14 heteroatoms. The van der Waals surface area contributed by atoms with Gasteiger partial charge in [-0.2, -0.15) is 0 Å². The highest BCUT2D eigenvalue weighted by atomic mass is 32.2. The lowest BCUT2D eigenvalue weighted by Crippen LogP contribution is -2.14. The number of benzene rings is 1. The summed E-state index contributed by atoms with van der Waals surface area (Å²) in [6, 6.07) is 4.28. The first kappa shape index (κ1) is 21.7. The van der Waals surface area contributed by atoms with Crippen molar-refractivity contribution < 1.29 is 14.5 Å². The van der Waals surface area contributed by atoms with Crippen LogP contribution in [-0.4, -0.2) is 42.9 Å². The Bertz CT molecular complexity index is 1100. The Labute approximate surface area is 182 Å². The molecule has 2 N–H and O–H groups in total. The molecule has 3 aromatic rings. The van der Waals surface area contributed by atoms with Crippen molar-refractivity contribution in [1.82, 2.24) is 20.4 Å². The van der Waals surface area contributed by atoms with E-state index in [9.17, 15) is 19.7 Å². The van der Waals surface area contributed by atoms with Crippen molar-refractivity contribution in [3.63, 3.8) is 0 Å². The molecule has 2 aromatic heterocycles. The maximum Gasteiger partial charge on any atom is 0.273 e. The molecule has 0 fully saturated rings. The van der Waals surface area contributed by atoms with Gasteiger partial charge >= 0.3 is 0 Å². The maximum atomic E-state index is 12.4. The Kier molecular flexibility index (Phi) is 7.02. The number of carbonyl (C=O) groups is 2. The van der Waals surface area contributed by atoms with E-state index in [1.807, 2.05) is 6.92 Å². The molecule has 11 nitrogen and oxygen atoms in total. The summed E-state index contributed by atoms with van der Waals surface area (Å²) in [6.45, 7) is 3.46. The van der Waals surface area contributed by atoms with Gasteiger partial charge in [-0.3, -0.25) is 30.3 Å². The highest BCUT2D eigenvalue weighted by molar-refractivity contribution is 8.01. The van der Waals surface area contributed by atoms with Crippen LogP contribution in [0.25, 0.3) is 0 Å². The monoisotopic (exact) mass is 465 g/mol. The zero-order valence-corrected chi connectivity index (χ0v) is 18.2. The van der Waals surface area contributed by atoms with E-state index in [1.165, 1.54) is 36.5 Å². The number of aromatic nitrogens is 4. The van der Waals surface area contributed by atoms with Gasteiger partial charge in [0.05, 0.1) is 10.7 Å². The van der Waals surface area contributed by atoms with Crippen LogP contribution in [0, 0.1) is 17.0 Å². The van der Waals surface area contributed by atoms with Crippen LogP contribution >= 0.6 is 34.4 Å². The van der Waals surface area contributed by atoms with Gasteiger partial charge in [-0.1, -0.05) is 47.4 Å². The number of hydrogen-bond acceptors (Lipinski definition) is 11. The summed E-state index contributed by atoms with van der Waals surface area (Å²) in [5.74, 6) is -0.690. The van der Waals surface area contributed by atoms with Gasteiger partial charge in [0, 0.05) is 17.2 Å². The van der Waals surface area contributed by atoms with Gasteiger partial charge < -0.3 is 0 Å². The lowest BCUT2D eigenvalue weighted by molar-refractivity contribution is -0.385. The summed E-state index contributed by atoms with van der Waals surface area (Å²) in [6.07, 6.45) is 0.747. The van der Waals surface area contributed by atoms with Gasteiger partial charge in [-0.05, 0) is 19.4 Å². The lowest BCUT2D eigenvalue weighted by Gasteiger charge is -2.05. The van der Waals surface area contributed by atoms with Crippen molar-refractivity contribution in [2.75, 3.05) is 16.4 Å². The quantitative estimate of drug-likeness (QED) is 0.221. The van der Waals surface area contributed by atoms with Gasteiger partial charge in [0.25, 0.3) is 11.6 Å². The molecule has 0 aliphatic carbocycles. The number of aryl methyl sites for hydroxylation is 1. The number of thioether (sulfide) groups is 1. The average molecular weight is 466 g/mol. The molecule has 0 spiro atoms. The predicted molar refractivity (Wildman–Crippen MR) is 114 cm³/mol. The Morgan fingerprint density at radius 2 is 1.87 bits per heavy atom. The maximum absolute atomic E-state index is 12.4. The van der Waals surface area contributed by atoms with E-state index in [1.54, 1.807) is 0 Å². The molecule has 2 heterocycles. The Hall–Kier alpha value is -2.97. The van der Waals surface area contributed by atoms with Gasteiger partial charge in [0.1, 0.15) is 5.01 Å². The molecule has 2 amide bonds. The average Bonchev–Trinajstić information content (AvgIpc) is 3.35. The first-order valence-corrected chi connectivity index (χ1v) is 11.1. The zero-order chi connectivity index (χ0) is 21.7. The first-order chi connectivity index (χ1) is 14.4. The molecule has 0 aliphatic heterocycles. The molecule has 0 radical (unpaired) electrons. The van der Waals surface area contributed by atoms with E-state index >= 15 is 0 Å². The number of nitro benzene ring substituents is 1. The highest BCUT2D eigenvalue weighted by Crippen LogP contribution is 2.27. The largest absolute Gasteiger partial charge is 0.300 e. The second kappa shape index (κ2) is 9.69. The molecule has 0 unspecified atom stereocenters. The molecule has 0 aliphatic rings. The van der Waals surface area contributed by atoms with E-state index in [0.29, 0.717) is 9.47 Å². The van der Waals surface area contributed by atoms with E-state index < -0.39 is 10.8 Å². The fraction of sp³-hybridized carbons (Fsp3) is 0.250. The van der Waals surface area contributed by atoms with E-state index in [4.69, 9.17) is 0 Å². The standard InChI is InChI=1S/C16H15N7O4S3/c1-3-12-19-20-14(29-12)17-11(24)7-28-16-22-21-15(30-16)18-13(25)9-5-4-6-10(8(9)2)23(26)27/h4-6H,3,7H2,1-2H3,(H,17,20,24)(H,18,21,25). The Morgan fingerprint density at radius 3 is 2.57 bits per heavy atom. The number of carbonyl (C=O) groups excluding carboxylic acids is 2. The van der Waals surface area contributed by atoms with Crippen LogP contribution in [0.4, 0.5) is 16.0 Å². The van der Waals surface area contributed by atoms with Crippen LogP contribution < -0.4 is 10.6 Å². The van der Waals surface area contributed by atoms with Gasteiger partial charge in [-0.15, -0.1) is 20.4 Å². The molecular formula is C16H15N7O4S3. The summed E-state index contributed by atoms with van der Waals surface area (Å²) in [5, 5.41) is 33.4. The predicted octanol–water partition coefficient (Wildman–Crippen LogP) is 3.15. The van der Waals surface area contributed by atoms with Crippen LogP contribution in [0.1, 0.15) is 27.9 Å². The van der Waals surface area contributed by atoms with Crippen molar-refractivity contribution in [2.45, 2.75) is 24.6 Å². The third-order valence-electron chi connectivity index (χ3n) is 3.72. The van der Waals surface area contributed by atoms with Crippen LogP contribution in [0.15, 0.2) is 22.5 Å². The second-order valence-electron chi connectivity index (χ2n) is 5.73. The van der Waals surface area contributed by atoms with E-state index in [-0.39, 0.29) is 33.6 Å². The van der Waals surface area contributed by atoms with E-state index in [2.05, 4.69) is 31.0 Å². The van der Waals surface area contributed by atoms with Crippen LogP contribution in [0.5, 0.6) is 0 Å². The normalized spacial score (nSPS) is 10.6. The van der Waals surface area contributed by atoms with Gasteiger partial charge in [0.15, 0.2) is 4.34 Å². The zero-order valence-electron chi connectivity index (χ0n) is 15.7. The van der Waals surface area contributed by atoms with Crippen molar-refractivity contribution in [3.05, 3.63) is 44.4 Å². The number of anilines is 2. The van der Waals surface area contributed by atoms with Crippen LogP contribution in [0.3, 0.4) is 0 Å². The number of nitro groups is 1. The summed E-state index contributed by atoms with van der Waals surface area (Å²) in [4.78, 5) is 34.9. The number of amides is 2. The number of nitrogens with zero attached hydrogens (tertiary/aromatic N) is 5. The van der Waals surface area contributed by atoms with Crippen molar-refractivity contribution in [3.8, 4) is 0 Å². The molecule has 0 saturated heterocycles. The molecule has 156 valence electrons. The lowest BCUT2D eigenvalue weighted by atomic mass is 10.1. The molecule has 1 aromatic carbocycles. The second-order valence-corrected chi connectivity index (χ2v) is 8.99. The minimum Gasteiger partial charge on any atom is -0.300 e. The summed E-state index contributed by atoms with van der Waals surface area (Å²) < 4.78 is 0.489. The van der Waals surface area contributed by atoms with Crippen LogP contribution in [0.2, 0.25) is 0 Å². The fourth-order valence-corrected chi connectivity index (χ4v) is 4.52. The van der Waals surface area contributed by atoms with Gasteiger partial charge in [0.2, 0.25) is 16.2 Å². The smallest absolute Gasteiger partial charge is 0.273 e. The SMILES string of the molecule is CCc1nnc(NC(=O)CSc2nnc(NC(=O)c3cccc([N+](=O)[O-])c3C)s2)s1. The number of hydrogen-bond donors (Lipinski definition) is 2. The molecule has 3 rings (SSSR count). The summed E-state index contributed by atoms with van der Waals surface area (Å²) in [7, 11) is 0. The van der Waals surface area contributed by atoms with Crippen LogP contribution in [-0.2, 0) is 11.2 Å². The van der Waals surface area contributed by atoms with E-state index in [0.717, 1.165) is 34.5 Å². The molecule has 0 bridgehead atoms. The molecule has 0 saturated carbocycles. The Morgan fingerprint density at radius 1 is 1.13 bits per heavy atom.